The van der Waals surface area contributed by atoms with Gasteiger partial charge in [-0.2, -0.15) is 0 Å². The Morgan fingerprint density at radius 2 is 2.27 bits per heavy atom. The molecule has 0 bridgehead atoms. The van der Waals surface area contributed by atoms with E-state index >= 15 is 0 Å². The number of nitrogens with zero attached hydrogens (tertiary/aromatic N) is 1. The van der Waals surface area contributed by atoms with Gasteiger partial charge in [0.05, 0.1) is 10.5 Å². The van der Waals surface area contributed by atoms with E-state index in [1.54, 1.807) is 13.0 Å². The number of rotatable bonds is 3. The van der Waals surface area contributed by atoms with Crippen LogP contribution in [0.1, 0.15) is 12.5 Å². The number of benzene rings is 1. The van der Waals surface area contributed by atoms with E-state index in [1.165, 1.54) is 6.08 Å². The van der Waals surface area contributed by atoms with E-state index in [0.29, 0.717) is 0 Å². The van der Waals surface area contributed by atoms with Crippen molar-refractivity contribution < 1.29 is 9.31 Å². The lowest BCUT2D eigenvalue weighted by Crippen LogP contribution is -2.10. The van der Waals surface area contributed by atoms with E-state index in [4.69, 9.17) is 5.73 Å². The summed E-state index contributed by atoms with van der Waals surface area (Å²) in [4.78, 5) is 10.0. The van der Waals surface area contributed by atoms with Crippen LogP contribution in [0.2, 0.25) is 0 Å². The van der Waals surface area contributed by atoms with Crippen molar-refractivity contribution in [3.05, 3.63) is 45.8 Å². The largest absolute Gasteiger partial charge is 0.325 e. The van der Waals surface area contributed by atoms with E-state index in [2.05, 4.69) is 0 Å². The van der Waals surface area contributed by atoms with Crippen molar-refractivity contribution >= 4 is 11.8 Å². The van der Waals surface area contributed by atoms with Gasteiger partial charge in [0.2, 0.25) is 0 Å². The lowest BCUT2D eigenvalue weighted by molar-refractivity contribution is -0.385. The number of hydrogen-bond donors (Lipinski definition) is 1. The molecule has 0 aliphatic rings. The Bertz CT molecular complexity index is 402. The first kappa shape index (κ1) is 11.3. The SMILES string of the molecule is CC(N)/C=C/c1cc(F)ccc1[N+](=O)[O-]. The van der Waals surface area contributed by atoms with Crippen molar-refractivity contribution in [1.29, 1.82) is 0 Å². The van der Waals surface area contributed by atoms with Gasteiger partial charge >= 0.3 is 0 Å². The first-order chi connectivity index (χ1) is 7.00. The number of halogens is 1. The van der Waals surface area contributed by atoms with Gasteiger partial charge in [-0.1, -0.05) is 12.2 Å². The molecule has 0 radical (unpaired) electrons. The van der Waals surface area contributed by atoms with Crippen molar-refractivity contribution in [2.45, 2.75) is 13.0 Å². The Hall–Kier alpha value is -1.75. The number of nitro benzene ring substituents is 1. The highest BCUT2D eigenvalue weighted by Crippen LogP contribution is 2.20. The number of nitrogens with two attached hydrogens (primary N) is 1. The summed E-state index contributed by atoms with van der Waals surface area (Å²) < 4.78 is 12.8. The quantitative estimate of drug-likeness (QED) is 0.613. The van der Waals surface area contributed by atoms with Gasteiger partial charge in [-0.25, -0.2) is 4.39 Å². The maximum absolute atomic E-state index is 12.8. The van der Waals surface area contributed by atoms with Crippen molar-refractivity contribution in [2.24, 2.45) is 5.73 Å². The zero-order chi connectivity index (χ0) is 11.4. The number of nitro groups is 1. The van der Waals surface area contributed by atoms with E-state index in [0.717, 1.165) is 18.2 Å². The fourth-order valence-corrected chi connectivity index (χ4v) is 1.08. The second-order valence-corrected chi connectivity index (χ2v) is 3.18. The Morgan fingerprint density at radius 1 is 1.60 bits per heavy atom. The van der Waals surface area contributed by atoms with Crippen LogP contribution in [0.5, 0.6) is 0 Å². The zero-order valence-corrected chi connectivity index (χ0v) is 8.18. The second kappa shape index (κ2) is 4.65. The molecule has 0 saturated heterocycles. The standard InChI is InChI=1S/C10H11FN2O2/c1-7(12)2-3-8-6-9(11)4-5-10(8)13(14)15/h2-7H,12H2,1H3/b3-2+. The molecule has 0 amide bonds. The van der Waals surface area contributed by atoms with Crippen LogP contribution in [0.3, 0.4) is 0 Å². The minimum atomic E-state index is -0.555. The number of hydrogen-bond acceptors (Lipinski definition) is 3. The van der Waals surface area contributed by atoms with Gasteiger partial charge in [0.15, 0.2) is 0 Å². The van der Waals surface area contributed by atoms with E-state index in [1.807, 2.05) is 0 Å². The third-order valence-corrected chi connectivity index (χ3v) is 1.77. The van der Waals surface area contributed by atoms with Crippen molar-refractivity contribution in [3.63, 3.8) is 0 Å². The summed E-state index contributed by atoms with van der Waals surface area (Å²) in [7, 11) is 0. The maximum atomic E-state index is 12.8. The topological polar surface area (TPSA) is 69.2 Å². The molecule has 0 spiro atoms. The fraction of sp³-hybridized carbons (Fsp3) is 0.200. The average Bonchev–Trinajstić information content (AvgIpc) is 2.14. The third-order valence-electron chi connectivity index (χ3n) is 1.77. The molecule has 0 fully saturated rings. The molecule has 0 heterocycles. The molecule has 80 valence electrons. The van der Waals surface area contributed by atoms with Crippen LogP contribution in [-0.2, 0) is 0 Å². The third kappa shape index (κ3) is 3.14. The summed E-state index contributed by atoms with van der Waals surface area (Å²) in [5.74, 6) is -0.509. The van der Waals surface area contributed by atoms with Crippen molar-refractivity contribution in [2.75, 3.05) is 0 Å². The molecule has 0 aromatic heterocycles. The average molecular weight is 210 g/mol. The Morgan fingerprint density at radius 3 is 2.80 bits per heavy atom. The van der Waals surface area contributed by atoms with Gasteiger partial charge < -0.3 is 5.73 Å². The molecule has 1 aromatic rings. The van der Waals surface area contributed by atoms with Crippen LogP contribution < -0.4 is 5.73 Å². The van der Waals surface area contributed by atoms with E-state index in [-0.39, 0.29) is 17.3 Å². The van der Waals surface area contributed by atoms with Crippen LogP contribution in [0.15, 0.2) is 24.3 Å². The molecular formula is C10H11FN2O2. The van der Waals surface area contributed by atoms with Crippen LogP contribution in [-0.4, -0.2) is 11.0 Å². The summed E-state index contributed by atoms with van der Waals surface area (Å²) >= 11 is 0. The molecule has 1 atom stereocenters. The normalized spacial score (nSPS) is 13.0. The van der Waals surface area contributed by atoms with Gasteiger partial charge in [0.1, 0.15) is 5.82 Å². The molecule has 5 heteroatoms. The van der Waals surface area contributed by atoms with E-state index in [9.17, 15) is 14.5 Å². The molecule has 0 aliphatic heterocycles. The Kier molecular flexibility index (Phi) is 3.51. The summed E-state index contributed by atoms with van der Waals surface area (Å²) in [6.07, 6.45) is 3.02. The molecule has 0 aliphatic carbocycles. The van der Waals surface area contributed by atoms with Gasteiger partial charge in [-0.05, 0) is 19.1 Å². The highest BCUT2D eigenvalue weighted by atomic mass is 19.1. The first-order valence-electron chi connectivity index (χ1n) is 4.38. The van der Waals surface area contributed by atoms with Crippen molar-refractivity contribution in [1.82, 2.24) is 0 Å². The molecule has 1 rings (SSSR count). The summed E-state index contributed by atoms with van der Waals surface area (Å²) in [6, 6.07) is 3.07. The summed E-state index contributed by atoms with van der Waals surface area (Å²) in [5, 5.41) is 10.6. The Balaban J connectivity index is 3.13. The van der Waals surface area contributed by atoms with Gasteiger partial charge in [-0.3, -0.25) is 10.1 Å². The predicted octanol–water partition coefficient (Wildman–Crippen LogP) is 2.09. The summed E-state index contributed by atoms with van der Waals surface area (Å²) in [6.45, 7) is 1.72. The predicted molar refractivity (Wildman–Crippen MR) is 55.7 cm³/mol. The first-order valence-corrected chi connectivity index (χ1v) is 4.38. The van der Waals surface area contributed by atoms with Gasteiger partial charge in [0.25, 0.3) is 5.69 Å². The van der Waals surface area contributed by atoms with Gasteiger partial charge in [-0.15, -0.1) is 0 Å². The molecule has 15 heavy (non-hydrogen) atoms. The van der Waals surface area contributed by atoms with Crippen LogP contribution in [0.25, 0.3) is 6.08 Å². The summed E-state index contributed by atoms with van der Waals surface area (Å²) in [5.41, 5.74) is 5.54. The van der Waals surface area contributed by atoms with E-state index < -0.39 is 10.7 Å². The van der Waals surface area contributed by atoms with Crippen LogP contribution >= 0.6 is 0 Å². The highest BCUT2D eigenvalue weighted by Gasteiger charge is 2.11. The molecule has 2 N–H and O–H groups in total. The smallest absolute Gasteiger partial charge is 0.276 e. The monoisotopic (exact) mass is 210 g/mol. The molecule has 1 unspecified atom stereocenters. The zero-order valence-electron chi connectivity index (χ0n) is 8.18. The van der Waals surface area contributed by atoms with Crippen LogP contribution in [0.4, 0.5) is 10.1 Å². The van der Waals surface area contributed by atoms with Crippen LogP contribution in [0, 0.1) is 15.9 Å². The lowest BCUT2D eigenvalue weighted by atomic mass is 10.1. The van der Waals surface area contributed by atoms with Gasteiger partial charge in [0, 0.05) is 12.1 Å². The molecule has 0 saturated carbocycles. The highest BCUT2D eigenvalue weighted by molar-refractivity contribution is 5.61. The molecular weight excluding hydrogens is 199 g/mol. The minimum Gasteiger partial charge on any atom is -0.325 e. The Labute approximate surface area is 86.4 Å². The molecule has 4 nitrogen and oxygen atoms in total. The maximum Gasteiger partial charge on any atom is 0.276 e. The second-order valence-electron chi connectivity index (χ2n) is 3.18. The van der Waals surface area contributed by atoms with Crippen molar-refractivity contribution in [3.8, 4) is 0 Å². The lowest BCUT2D eigenvalue weighted by Gasteiger charge is -1.99. The minimum absolute atomic E-state index is 0.131. The molecule has 1 aromatic carbocycles. The fourth-order valence-electron chi connectivity index (χ4n) is 1.08.